The van der Waals surface area contributed by atoms with Gasteiger partial charge in [0.15, 0.2) is 5.78 Å². The zero-order valence-corrected chi connectivity index (χ0v) is 19.8. The van der Waals surface area contributed by atoms with Crippen LogP contribution in [0.25, 0.3) is 0 Å². The Hall–Kier alpha value is -1.99. The Labute approximate surface area is 194 Å². The van der Waals surface area contributed by atoms with Crippen molar-refractivity contribution in [3.63, 3.8) is 0 Å². The lowest BCUT2D eigenvalue weighted by Crippen LogP contribution is -2.63. The van der Waals surface area contributed by atoms with Gasteiger partial charge in [-0.15, -0.1) is 0 Å². The van der Waals surface area contributed by atoms with E-state index < -0.39 is 28.5 Å². The second-order valence-electron chi connectivity index (χ2n) is 11.5. The molecule has 2 N–H and O–H groups in total. The molecule has 0 aromatic carbocycles. The summed E-state index contributed by atoms with van der Waals surface area (Å²) in [6, 6.07) is 0. The molecule has 0 radical (unpaired) electrons. The number of carbonyl (C=O) groups excluding carboxylic acids is 2. The van der Waals surface area contributed by atoms with Crippen LogP contribution in [-0.4, -0.2) is 51.3 Å². The van der Waals surface area contributed by atoms with Crippen LogP contribution in [0, 0.1) is 28.6 Å². The molecule has 8 atom stereocenters. The lowest BCUT2D eigenvalue weighted by atomic mass is 9.43. The van der Waals surface area contributed by atoms with Gasteiger partial charge in [-0.1, -0.05) is 31.6 Å². The first kappa shape index (κ1) is 22.8. The number of aliphatic carboxylic acids is 1. The van der Waals surface area contributed by atoms with Crippen LogP contribution in [0.4, 0.5) is 0 Å². The van der Waals surface area contributed by atoms with Gasteiger partial charge in [-0.2, -0.15) is 0 Å². The quantitative estimate of drug-likeness (QED) is 0.369. The Balaban J connectivity index is 1.59. The zero-order chi connectivity index (χ0) is 24.0. The van der Waals surface area contributed by atoms with Crippen molar-refractivity contribution in [1.82, 2.24) is 0 Å². The van der Waals surface area contributed by atoms with Crippen molar-refractivity contribution in [3.8, 4) is 0 Å². The minimum Gasteiger partial charge on any atom is -0.481 e. The highest BCUT2D eigenvalue weighted by molar-refractivity contribution is 5.92. The fourth-order valence-electron chi connectivity index (χ4n) is 7.80. The number of allylic oxidation sites excluding steroid dienone is 2. The number of carboxylic acids is 1. The number of ketones is 1. The largest absolute Gasteiger partial charge is 0.481 e. The Morgan fingerprint density at radius 3 is 2.70 bits per heavy atom. The van der Waals surface area contributed by atoms with Gasteiger partial charge in [0.25, 0.3) is 0 Å². The van der Waals surface area contributed by atoms with E-state index in [9.17, 15) is 24.6 Å². The SMILES string of the molecule is CC(C)OC(=O)C1CC2=CC(=O)CC[C@]2(C)[C@@]23O[C@@H]2C[C@@]2(C)C(C=C[C@@]2(O)CCC(=O)O)C13. The van der Waals surface area contributed by atoms with Crippen molar-refractivity contribution in [2.24, 2.45) is 28.6 Å². The molecule has 3 fully saturated rings. The van der Waals surface area contributed by atoms with E-state index in [-0.39, 0.29) is 54.1 Å². The molecule has 2 saturated carbocycles. The third kappa shape index (κ3) is 2.91. The molecule has 0 aromatic heterocycles. The van der Waals surface area contributed by atoms with E-state index in [1.54, 1.807) is 12.2 Å². The highest BCUT2D eigenvalue weighted by atomic mass is 16.6. The molecular formula is C26H34O7. The maximum absolute atomic E-state index is 13.4. The predicted molar refractivity (Wildman–Crippen MR) is 118 cm³/mol. The van der Waals surface area contributed by atoms with Crippen LogP contribution in [0.5, 0.6) is 0 Å². The van der Waals surface area contributed by atoms with Crippen molar-refractivity contribution in [2.45, 2.75) is 89.6 Å². The molecule has 180 valence electrons. The van der Waals surface area contributed by atoms with Gasteiger partial charge in [0.2, 0.25) is 0 Å². The predicted octanol–water partition coefficient (Wildman–Crippen LogP) is 3.20. The summed E-state index contributed by atoms with van der Waals surface area (Å²) in [4.78, 5) is 37.0. The highest BCUT2D eigenvalue weighted by Crippen LogP contribution is 2.76. The summed E-state index contributed by atoms with van der Waals surface area (Å²) in [5.74, 6) is -1.99. The smallest absolute Gasteiger partial charge is 0.309 e. The van der Waals surface area contributed by atoms with E-state index in [2.05, 4.69) is 6.92 Å². The normalized spacial score (nSPS) is 47.2. The van der Waals surface area contributed by atoms with Gasteiger partial charge in [-0.05, 0) is 51.5 Å². The molecule has 5 rings (SSSR count). The van der Waals surface area contributed by atoms with Gasteiger partial charge in [-0.25, -0.2) is 0 Å². The number of esters is 1. The van der Waals surface area contributed by atoms with Gasteiger partial charge in [0.05, 0.1) is 23.7 Å². The number of hydrogen-bond acceptors (Lipinski definition) is 6. The molecule has 3 unspecified atom stereocenters. The minimum atomic E-state index is -1.28. The zero-order valence-electron chi connectivity index (χ0n) is 19.8. The number of aliphatic hydroxyl groups is 1. The second-order valence-corrected chi connectivity index (χ2v) is 11.5. The van der Waals surface area contributed by atoms with E-state index in [0.717, 1.165) is 5.57 Å². The average molecular weight is 459 g/mol. The summed E-state index contributed by atoms with van der Waals surface area (Å²) in [6.07, 6.45) is 7.24. The average Bonchev–Trinajstić information content (AvgIpc) is 3.38. The topological polar surface area (TPSA) is 113 Å². The number of carboxylic acid groups (broad SMARTS) is 1. The first-order chi connectivity index (χ1) is 15.4. The van der Waals surface area contributed by atoms with Crippen LogP contribution in [0.15, 0.2) is 23.8 Å². The maximum Gasteiger partial charge on any atom is 0.309 e. The Kier molecular flexibility index (Phi) is 4.84. The summed E-state index contributed by atoms with van der Waals surface area (Å²) in [5.41, 5.74) is -1.86. The maximum atomic E-state index is 13.4. The van der Waals surface area contributed by atoms with E-state index in [0.29, 0.717) is 25.7 Å². The van der Waals surface area contributed by atoms with E-state index in [4.69, 9.17) is 9.47 Å². The Bertz CT molecular complexity index is 981. The fraction of sp³-hybridized carbons (Fsp3) is 0.731. The summed E-state index contributed by atoms with van der Waals surface area (Å²) < 4.78 is 12.2. The van der Waals surface area contributed by atoms with E-state index in [1.165, 1.54) is 0 Å². The first-order valence-electron chi connectivity index (χ1n) is 12.1. The molecule has 33 heavy (non-hydrogen) atoms. The molecule has 7 heteroatoms. The molecule has 1 saturated heterocycles. The standard InChI is InChI=1S/C26H34O7/c1-14(2)32-22(30)17-12-15-11-16(27)5-8-23(15,3)26-19(33-26)13-24(4)18(21(17)26)6-9-25(24,31)10-7-20(28)29/h6,9,11,14,17-19,21,31H,5,7-8,10,12-13H2,1-4H3,(H,28,29)/t17?,18?,19-,21?,23+,24+,25-,26-/m1/s1. The van der Waals surface area contributed by atoms with Crippen molar-refractivity contribution in [1.29, 1.82) is 0 Å². The number of epoxide rings is 1. The molecule has 0 bridgehead atoms. The van der Waals surface area contributed by atoms with Gasteiger partial charge >= 0.3 is 11.9 Å². The van der Waals surface area contributed by atoms with Crippen LogP contribution in [-0.2, 0) is 23.9 Å². The van der Waals surface area contributed by atoms with Gasteiger partial charge in [0.1, 0.15) is 5.60 Å². The first-order valence-corrected chi connectivity index (χ1v) is 12.1. The Morgan fingerprint density at radius 2 is 2.03 bits per heavy atom. The van der Waals surface area contributed by atoms with Crippen molar-refractivity contribution in [2.75, 3.05) is 0 Å². The van der Waals surface area contributed by atoms with Crippen LogP contribution in [0.2, 0.25) is 0 Å². The van der Waals surface area contributed by atoms with Crippen LogP contribution in [0.3, 0.4) is 0 Å². The second kappa shape index (κ2) is 7.01. The molecule has 1 spiro atoms. The van der Waals surface area contributed by atoms with Gasteiger partial charge < -0.3 is 19.7 Å². The molecule has 5 aliphatic rings. The van der Waals surface area contributed by atoms with E-state index in [1.807, 2.05) is 26.8 Å². The number of hydrogen-bond donors (Lipinski definition) is 2. The molecule has 1 aliphatic heterocycles. The summed E-state index contributed by atoms with van der Waals surface area (Å²) >= 11 is 0. The monoisotopic (exact) mass is 458 g/mol. The van der Waals surface area contributed by atoms with Crippen LogP contribution < -0.4 is 0 Å². The molecule has 7 nitrogen and oxygen atoms in total. The molecule has 4 aliphatic carbocycles. The molecule has 0 aromatic rings. The Morgan fingerprint density at radius 1 is 1.30 bits per heavy atom. The van der Waals surface area contributed by atoms with Crippen LogP contribution >= 0.6 is 0 Å². The van der Waals surface area contributed by atoms with Gasteiger partial charge in [0, 0.05) is 29.6 Å². The number of fused-ring (bicyclic) bond motifs is 3. The summed E-state index contributed by atoms with van der Waals surface area (Å²) in [7, 11) is 0. The minimum absolute atomic E-state index is 0.0926. The number of carbonyl (C=O) groups is 3. The third-order valence-corrected chi connectivity index (χ3v) is 9.58. The summed E-state index contributed by atoms with van der Waals surface area (Å²) in [5, 5.41) is 20.9. The molecule has 0 amide bonds. The molecular weight excluding hydrogens is 424 g/mol. The van der Waals surface area contributed by atoms with Gasteiger partial charge in [-0.3, -0.25) is 14.4 Å². The number of rotatable bonds is 5. The lowest BCUT2D eigenvalue weighted by Gasteiger charge is -2.58. The highest BCUT2D eigenvalue weighted by Gasteiger charge is 2.82. The van der Waals surface area contributed by atoms with Crippen molar-refractivity contribution < 1.29 is 34.1 Å². The fourth-order valence-corrected chi connectivity index (χ4v) is 7.80. The van der Waals surface area contributed by atoms with Crippen molar-refractivity contribution in [3.05, 3.63) is 23.8 Å². The lowest BCUT2D eigenvalue weighted by molar-refractivity contribution is -0.167. The number of ether oxygens (including phenoxy) is 2. The molecule has 1 heterocycles. The van der Waals surface area contributed by atoms with E-state index >= 15 is 0 Å². The van der Waals surface area contributed by atoms with Crippen LogP contribution in [0.1, 0.15) is 66.2 Å². The third-order valence-electron chi connectivity index (χ3n) is 9.58. The summed E-state index contributed by atoms with van der Waals surface area (Å²) in [6.45, 7) is 7.82. The van der Waals surface area contributed by atoms with Crippen molar-refractivity contribution >= 4 is 17.7 Å².